The Kier molecular flexibility index (Phi) is 7.13. The fourth-order valence-corrected chi connectivity index (χ4v) is 4.46. The summed E-state index contributed by atoms with van der Waals surface area (Å²) in [6.07, 6.45) is 0.410. The SMILES string of the molecule is Cc1ccc2c(c1)C(=NCc1cc(N3CCOCC3)nc(OCCN3CCOCC3)n1)C(=O)C2. The number of ether oxygens (including phenoxy) is 3. The largest absolute Gasteiger partial charge is 0.462 e. The maximum Gasteiger partial charge on any atom is 0.318 e. The molecule has 180 valence electrons. The molecule has 0 N–H and O–H groups in total. The molecule has 9 heteroatoms. The molecule has 1 aliphatic carbocycles. The molecule has 2 aromatic rings. The monoisotopic (exact) mass is 465 g/mol. The molecule has 1 aromatic carbocycles. The van der Waals surface area contributed by atoms with Crippen molar-refractivity contribution in [2.45, 2.75) is 19.9 Å². The lowest BCUT2D eigenvalue weighted by Crippen LogP contribution is -2.39. The maximum atomic E-state index is 12.6. The number of aliphatic imine (C=N–C) groups is 1. The van der Waals surface area contributed by atoms with E-state index in [0.717, 1.165) is 74.1 Å². The van der Waals surface area contributed by atoms with Gasteiger partial charge in [0, 0.05) is 50.8 Å². The Morgan fingerprint density at radius 3 is 2.59 bits per heavy atom. The first kappa shape index (κ1) is 22.9. The molecule has 34 heavy (non-hydrogen) atoms. The van der Waals surface area contributed by atoms with Gasteiger partial charge >= 0.3 is 6.01 Å². The average molecular weight is 466 g/mol. The molecule has 0 saturated carbocycles. The van der Waals surface area contributed by atoms with Gasteiger partial charge in [-0.25, -0.2) is 0 Å². The molecular formula is C25H31N5O4. The minimum absolute atomic E-state index is 0.0602. The van der Waals surface area contributed by atoms with Crippen LogP contribution in [0.1, 0.15) is 22.4 Å². The number of anilines is 1. The van der Waals surface area contributed by atoms with Crippen molar-refractivity contribution in [2.24, 2.45) is 4.99 Å². The van der Waals surface area contributed by atoms with Crippen molar-refractivity contribution in [1.29, 1.82) is 0 Å². The number of nitrogens with zero attached hydrogens (tertiary/aromatic N) is 5. The van der Waals surface area contributed by atoms with Gasteiger partial charge in [-0.3, -0.25) is 14.7 Å². The summed E-state index contributed by atoms with van der Waals surface area (Å²) in [7, 11) is 0. The maximum absolute atomic E-state index is 12.6. The summed E-state index contributed by atoms with van der Waals surface area (Å²) in [6, 6.07) is 8.39. The van der Waals surface area contributed by atoms with Gasteiger partial charge in [-0.1, -0.05) is 17.7 Å². The molecular weight excluding hydrogens is 434 g/mol. The molecule has 0 atom stereocenters. The van der Waals surface area contributed by atoms with Crippen molar-refractivity contribution >= 4 is 17.3 Å². The lowest BCUT2D eigenvalue weighted by atomic mass is 10.1. The summed E-state index contributed by atoms with van der Waals surface area (Å²) in [5.41, 5.74) is 4.38. The zero-order chi connectivity index (χ0) is 23.3. The van der Waals surface area contributed by atoms with Crippen LogP contribution in [0.25, 0.3) is 0 Å². The standard InChI is InChI=1S/C25H31N5O4/c1-18-2-3-19-15-22(31)24(21(19)14-18)26-17-20-16-23(30-7-11-33-12-8-30)28-25(27-20)34-13-6-29-4-9-32-10-5-29/h2-3,14,16H,4-13,15,17H2,1H3. The number of carbonyl (C=O) groups is 1. The second kappa shape index (κ2) is 10.6. The molecule has 2 fully saturated rings. The number of carbonyl (C=O) groups excluding carboxylic acids is 1. The van der Waals surface area contributed by atoms with Gasteiger partial charge in [0.05, 0.1) is 38.7 Å². The van der Waals surface area contributed by atoms with Crippen molar-refractivity contribution < 1.29 is 19.0 Å². The van der Waals surface area contributed by atoms with Gasteiger partial charge in [-0.2, -0.15) is 9.97 Å². The van der Waals surface area contributed by atoms with Crippen molar-refractivity contribution in [2.75, 3.05) is 70.7 Å². The molecule has 0 unspecified atom stereocenters. The zero-order valence-corrected chi connectivity index (χ0v) is 19.7. The van der Waals surface area contributed by atoms with Crippen LogP contribution in [0.4, 0.5) is 5.82 Å². The van der Waals surface area contributed by atoms with Crippen LogP contribution in [0.2, 0.25) is 0 Å². The van der Waals surface area contributed by atoms with Crippen LogP contribution in [0.5, 0.6) is 6.01 Å². The molecule has 0 spiro atoms. The van der Waals surface area contributed by atoms with Crippen LogP contribution >= 0.6 is 0 Å². The van der Waals surface area contributed by atoms with E-state index in [1.54, 1.807) is 0 Å². The van der Waals surface area contributed by atoms with Gasteiger partial charge in [0.2, 0.25) is 0 Å². The summed E-state index contributed by atoms with van der Waals surface area (Å²) in [4.78, 5) is 31.1. The van der Waals surface area contributed by atoms with Crippen molar-refractivity contribution in [3.8, 4) is 6.01 Å². The van der Waals surface area contributed by atoms with E-state index < -0.39 is 0 Å². The molecule has 3 heterocycles. The van der Waals surface area contributed by atoms with E-state index >= 15 is 0 Å². The molecule has 9 nitrogen and oxygen atoms in total. The van der Waals surface area contributed by atoms with Crippen molar-refractivity contribution in [3.63, 3.8) is 0 Å². The smallest absolute Gasteiger partial charge is 0.318 e. The van der Waals surface area contributed by atoms with Gasteiger partial charge in [-0.05, 0) is 18.6 Å². The van der Waals surface area contributed by atoms with Gasteiger partial charge in [-0.15, -0.1) is 0 Å². The van der Waals surface area contributed by atoms with Crippen molar-refractivity contribution in [1.82, 2.24) is 14.9 Å². The van der Waals surface area contributed by atoms with E-state index in [1.165, 1.54) is 0 Å². The molecule has 0 bridgehead atoms. The predicted molar refractivity (Wildman–Crippen MR) is 128 cm³/mol. The number of morpholine rings is 2. The van der Waals surface area contributed by atoms with E-state index in [0.29, 0.717) is 44.5 Å². The number of rotatable bonds is 7. The molecule has 5 rings (SSSR count). The highest BCUT2D eigenvalue weighted by molar-refractivity contribution is 6.49. The lowest BCUT2D eigenvalue weighted by Gasteiger charge is -2.28. The van der Waals surface area contributed by atoms with Gasteiger partial charge in [0.1, 0.15) is 18.1 Å². The van der Waals surface area contributed by atoms with E-state index in [4.69, 9.17) is 19.2 Å². The van der Waals surface area contributed by atoms with E-state index in [1.807, 2.05) is 31.2 Å². The third-order valence-corrected chi connectivity index (χ3v) is 6.36. The highest BCUT2D eigenvalue weighted by Gasteiger charge is 2.26. The first-order chi connectivity index (χ1) is 16.7. The Balaban J connectivity index is 1.34. The van der Waals surface area contributed by atoms with E-state index in [2.05, 4.69) is 19.8 Å². The third-order valence-electron chi connectivity index (χ3n) is 6.36. The first-order valence-corrected chi connectivity index (χ1v) is 12.0. The molecule has 0 radical (unpaired) electrons. The zero-order valence-electron chi connectivity index (χ0n) is 19.7. The number of hydrogen-bond donors (Lipinski definition) is 0. The summed E-state index contributed by atoms with van der Waals surface area (Å²) in [5.74, 6) is 0.869. The predicted octanol–water partition coefficient (Wildman–Crippen LogP) is 1.45. The quantitative estimate of drug-likeness (QED) is 0.607. The van der Waals surface area contributed by atoms with Crippen LogP contribution < -0.4 is 9.64 Å². The fraction of sp³-hybridized carbons (Fsp3) is 0.520. The molecule has 1 aromatic heterocycles. The Bertz CT molecular complexity index is 1060. The van der Waals surface area contributed by atoms with Crippen LogP contribution in [-0.4, -0.2) is 92.1 Å². The van der Waals surface area contributed by atoms with Crippen LogP contribution in [0, 0.1) is 6.92 Å². The van der Waals surface area contributed by atoms with Gasteiger partial charge in [0.25, 0.3) is 0 Å². The number of ketones is 1. The minimum Gasteiger partial charge on any atom is -0.462 e. The van der Waals surface area contributed by atoms with Crippen LogP contribution in [-0.2, 0) is 27.2 Å². The number of Topliss-reactive ketones (excluding diaryl/α,β-unsaturated/α-hetero) is 1. The number of aryl methyl sites for hydroxylation is 1. The number of aromatic nitrogens is 2. The average Bonchev–Trinajstić information content (AvgIpc) is 3.18. The lowest BCUT2D eigenvalue weighted by molar-refractivity contribution is -0.112. The van der Waals surface area contributed by atoms with E-state index in [-0.39, 0.29) is 5.78 Å². The molecule has 0 amide bonds. The highest BCUT2D eigenvalue weighted by atomic mass is 16.5. The number of fused-ring (bicyclic) bond motifs is 1. The second-order valence-electron chi connectivity index (χ2n) is 8.83. The summed E-state index contributed by atoms with van der Waals surface area (Å²) in [6.45, 7) is 9.84. The normalized spacial score (nSPS) is 20.1. The Morgan fingerprint density at radius 2 is 1.79 bits per heavy atom. The molecule has 3 aliphatic rings. The first-order valence-electron chi connectivity index (χ1n) is 12.0. The molecule has 2 saturated heterocycles. The Labute approximate surface area is 199 Å². The van der Waals surface area contributed by atoms with Gasteiger partial charge in [0.15, 0.2) is 5.78 Å². The third kappa shape index (κ3) is 5.43. The number of benzene rings is 1. The molecule has 2 aliphatic heterocycles. The van der Waals surface area contributed by atoms with Crippen LogP contribution in [0.3, 0.4) is 0 Å². The second-order valence-corrected chi connectivity index (χ2v) is 8.83. The van der Waals surface area contributed by atoms with E-state index in [9.17, 15) is 4.79 Å². The Hall–Kier alpha value is -2.88. The summed E-state index contributed by atoms with van der Waals surface area (Å²) in [5, 5.41) is 0. The van der Waals surface area contributed by atoms with Crippen molar-refractivity contribution in [3.05, 3.63) is 46.6 Å². The highest BCUT2D eigenvalue weighted by Crippen LogP contribution is 2.23. The number of hydrogen-bond acceptors (Lipinski definition) is 9. The Morgan fingerprint density at radius 1 is 1.03 bits per heavy atom. The minimum atomic E-state index is 0.0602. The topological polar surface area (TPSA) is 89.4 Å². The summed E-state index contributed by atoms with van der Waals surface area (Å²) < 4.78 is 16.9. The van der Waals surface area contributed by atoms with Gasteiger partial charge < -0.3 is 19.1 Å². The fourth-order valence-electron chi connectivity index (χ4n) is 4.46. The van der Waals surface area contributed by atoms with Crippen LogP contribution in [0.15, 0.2) is 29.3 Å². The summed E-state index contributed by atoms with van der Waals surface area (Å²) >= 11 is 0.